The lowest BCUT2D eigenvalue weighted by Gasteiger charge is -2.18. The third kappa shape index (κ3) is 3.82. The van der Waals surface area contributed by atoms with Crippen LogP contribution in [-0.4, -0.2) is 0 Å². The first-order chi connectivity index (χ1) is 24.3. The van der Waals surface area contributed by atoms with Gasteiger partial charge in [-0.15, -0.1) is 11.3 Å². The third-order valence-electron chi connectivity index (χ3n) is 10.1. The Morgan fingerprint density at radius 1 is 0.327 bits per heavy atom. The Hall–Kier alpha value is -6.16. The number of fused-ring (bicyclic) bond motifs is 10. The normalized spacial score (nSPS) is 12.1. The number of thiophene rings is 1. The summed E-state index contributed by atoms with van der Waals surface area (Å²) >= 11 is 1.86. The number of hydrogen-bond donors (Lipinski definition) is 0. The van der Waals surface area contributed by atoms with Crippen molar-refractivity contribution in [2.75, 3.05) is 0 Å². The molecule has 8 aromatic carbocycles. The Labute approximate surface area is 285 Å². The summed E-state index contributed by atoms with van der Waals surface area (Å²) in [4.78, 5) is 0. The average molecular weight is 643 g/mol. The molecule has 0 radical (unpaired) electrons. The minimum atomic E-state index is 0.847. The Morgan fingerprint density at radius 3 is 1.63 bits per heavy atom. The zero-order chi connectivity index (χ0) is 32.1. The molecule has 0 amide bonds. The van der Waals surface area contributed by atoms with Gasteiger partial charge in [0, 0.05) is 53.0 Å². The van der Waals surface area contributed by atoms with E-state index >= 15 is 0 Å². The Kier molecular flexibility index (Phi) is 5.57. The van der Waals surface area contributed by atoms with Gasteiger partial charge in [0.05, 0.1) is 0 Å². The van der Waals surface area contributed by atoms with Crippen molar-refractivity contribution >= 4 is 86.0 Å². The summed E-state index contributed by atoms with van der Waals surface area (Å²) in [6, 6.07) is 56.4. The molecule has 11 aromatic rings. The maximum Gasteiger partial charge on any atom is 0.143 e. The summed E-state index contributed by atoms with van der Waals surface area (Å²) in [5.74, 6) is 0.864. The van der Waals surface area contributed by atoms with Crippen molar-refractivity contribution in [2.45, 2.75) is 0 Å². The molecule has 0 spiro atoms. The summed E-state index contributed by atoms with van der Waals surface area (Å²) in [5.41, 5.74) is 8.36. The maximum atomic E-state index is 6.92. The number of hydrogen-bond acceptors (Lipinski definition) is 3. The highest BCUT2D eigenvalue weighted by atomic mass is 32.1. The molecule has 0 saturated carbocycles. The van der Waals surface area contributed by atoms with Gasteiger partial charge >= 0.3 is 0 Å². The van der Waals surface area contributed by atoms with E-state index < -0.39 is 0 Å². The van der Waals surface area contributed by atoms with Gasteiger partial charge in [-0.3, -0.25) is 0 Å². The summed E-state index contributed by atoms with van der Waals surface area (Å²) in [5, 5.41) is 10.7. The van der Waals surface area contributed by atoms with Gasteiger partial charge < -0.3 is 8.83 Å². The topological polar surface area (TPSA) is 26.3 Å². The Morgan fingerprint density at radius 2 is 0.898 bits per heavy atom. The van der Waals surface area contributed by atoms with E-state index in [0.717, 1.165) is 49.8 Å². The molecule has 11 rings (SSSR count). The molecule has 0 bridgehead atoms. The minimum absolute atomic E-state index is 0.847. The lowest BCUT2D eigenvalue weighted by molar-refractivity contribution is 0.632. The molecule has 3 aromatic heterocycles. The van der Waals surface area contributed by atoms with Crippen LogP contribution in [0.3, 0.4) is 0 Å². The molecule has 0 aliphatic heterocycles. The fraction of sp³-hybridized carbons (Fsp3) is 0. The van der Waals surface area contributed by atoms with E-state index in [0.29, 0.717) is 0 Å². The molecule has 0 fully saturated rings. The first kappa shape index (κ1) is 26.9. The molecular weight excluding hydrogens is 617 g/mol. The van der Waals surface area contributed by atoms with E-state index in [-0.39, 0.29) is 0 Å². The van der Waals surface area contributed by atoms with E-state index in [4.69, 9.17) is 8.83 Å². The monoisotopic (exact) mass is 642 g/mol. The lowest BCUT2D eigenvalue weighted by atomic mass is 9.84. The van der Waals surface area contributed by atoms with Crippen molar-refractivity contribution in [2.24, 2.45) is 0 Å². The van der Waals surface area contributed by atoms with E-state index in [1.165, 1.54) is 58.4 Å². The molecule has 0 N–H and O–H groups in total. The standard InChI is InChI=1S/C46H26O2S/c1-2-12-27(13-3-1)46-45(44-38(48-46)24-23-37-43(44)34-19-8-10-20-36(34)47-37)42-32-17-6-4-15-30(32)41(31-16-5-7-18-33(31)42)28-22-25-40-35(26-28)29-14-9-11-21-39(29)49-40/h1-26H. The third-order valence-corrected chi connectivity index (χ3v) is 11.2. The van der Waals surface area contributed by atoms with Crippen LogP contribution in [0.25, 0.3) is 108 Å². The van der Waals surface area contributed by atoms with Crippen LogP contribution in [0.4, 0.5) is 0 Å². The van der Waals surface area contributed by atoms with Gasteiger partial charge in [-0.1, -0.05) is 121 Å². The molecule has 3 heteroatoms. The summed E-state index contributed by atoms with van der Waals surface area (Å²) in [7, 11) is 0. The van der Waals surface area contributed by atoms with Gasteiger partial charge in [0.15, 0.2) is 0 Å². The van der Waals surface area contributed by atoms with Crippen LogP contribution < -0.4 is 0 Å². The molecule has 228 valence electrons. The van der Waals surface area contributed by atoms with Gasteiger partial charge in [-0.2, -0.15) is 0 Å². The SMILES string of the molecule is c1ccc(-c2oc3ccc4oc5ccccc5c4c3c2-c2c3ccccc3c(-c3ccc4sc5ccccc5c4c3)c3ccccc23)cc1. The first-order valence-corrected chi connectivity index (χ1v) is 17.4. The number of benzene rings is 8. The molecule has 0 unspecified atom stereocenters. The van der Waals surface area contributed by atoms with Crippen molar-refractivity contribution in [3.8, 4) is 33.6 Å². The van der Waals surface area contributed by atoms with E-state index in [9.17, 15) is 0 Å². The van der Waals surface area contributed by atoms with Gasteiger partial charge in [0.1, 0.15) is 22.5 Å². The highest BCUT2D eigenvalue weighted by Crippen LogP contribution is 2.52. The number of furan rings is 2. The Balaban J connectivity index is 1.32. The van der Waals surface area contributed by atoms with Gasteiger partial charge in [0.25, 0.3) is 0 Å². The predicted molar refractivity (Wildman–Crippen MR) is 208 cm³/mol. The zero-order valence-electron chi connectivity index (χ0n) is 26.2. The van der Waals surface area contributed by atoms with E-state index in [2.05, 4.69) is 140 Å². The fourth-order valence-electron chi connectivity index (χ4n) is 8.03. The van der Waals surface area contributed by atoms with Crippen molar-refractivity contribution in [1.29, 1.82) is 0 Å². The molecule has 0 aliphatic rings. The highest BCUT2D eigenvalue weighted by molar-refractivity contribution is 7.25. The Bertz CT molecular complexity index is 3050. The van der Waals surface area contributed by atoms with Crippen LogP contribution in [0.5, 0.6) is 0 Å². The second-order valence-corrected chi connectivity index (χ2v) is 13.8. The van der Waals surface area contributed by atoms with Crippen LogP contribution in [0.1, 0.15) is 0 Å². The predicted octanol–water partition coefficient (Wildman–Crippen LogP) is 14.0. The van der Waals surface area contributed by atoms with Crippen molar-refractivity contribution in [3.05, 3.63) is 158 Å². The molecule has 3 heterocycles. The highest BCUT2D eigenvalue weighted by Gasteiger charge is 2.26. The van der Waals surface area contributed by atoms with Crippen LogP contribution in [0, 0.1) is 0 Å². The summed E-state index contributed by atoms with van der Waals surface area (Å²) < 4.78 is 16.0. The van der Waals surface area contributed by atoms with Gasteiger partial charge in [-0.05, 0) is 69.1 Å². The van der Waals surface area contributed by atoms with Crippen molar-refractivity contribution < 1.29 is 8.83 Å². The van der Waals surface area contributed by atoms with Crippen LogP contribution in [0.2, 0.25) is 0 Å². The van der Waals surface area contributed by atoms with Gasteiger partial charge in [-0.25, -0.2) is 0 Å². The summed E-state index contributed by atoms with van der Waals surface area (Å²) in [6.45, 7) is 0. The maximum absolute atomic E-state index is 6.92. The fourth-order valence-corrected chi connectivity index (χ4v) is 9.11. The van der Waals surface area contributed by atoms with E-state index in [1.807, 2.05) is 29.5 Å². The molecule has 2 nitrogen and oxygen atoms in total. The molecule has 0 atom stereocenters. The molecule has 0 saturated heterocycles. The zero-order valence-corrected chi connectivity index (χ0v) is 27.1. The largest absolute Gasteiger partial charge is 0.456 e. The van der Waals surface area contributed by atoms with Crippen molar-refractivity contribution in [3.63, 3.8) is 0 Å². The number of para-hydroxylation sites is 1. The summed E-state index contributed by atoms with van der Waals surface area (Å²) in [6.07, 6.45) is 0. The number of rotatable bonds is 3. The van der Waals surface area contributed by atoms with Crippen LogP contribution >= 0.6 is 11.3 Å². The van der Waals surface area contributed by atoms with Crippen LogP contribution in [0.15, 0.2) is 167 Å². The quantitative estimate of drug-likeness (QED) is 0.179. The van der Waals surface area contributed by atoms with Gasteiger partial charge in [0.2, 0.25) is 0 Å². The second kappa shape index (κ2) is 10.2. The van der Waals surface area contributed by atoms with E-state index in [1.54, 1.807) is 0 Å². The lowest BCUT2D eigenvalue weighted by Crippen LogP contribution is -1.91. The second-order valence-electron chi connectivity index (χ2n) is 12.7. The van der Waals surface area contributed by atoms with Crippen LogP contribution in [-0.2, 0) is 0 Å². The first-order valence-electron chi connectivity index (χ1n) is 16.6. The molecule has 0 aliphatic carbocycles. The van der Waals surface area contributed by atoms with Crippen molar-refractivity contribution in [1.82, 2.24) is 0 Å². The molecule has 49 heavy (non-hydrogen) atoms. The minimum Gasteiger partial charge on any atom is -0.456 e. The average Bonchev–Trinajstić information content (AvgIpc) is 3.85. The molecular formula is C46H26O2S. The smallest absolute Gasteiger partial charge is 0.143 e.